The van der Waals surface area contributed by atoms with Crippen molar-refractivity contribution in [1.82, 2.24) is 4.98 Å². The van der Waals surface area contributed by atoms with Gasteiger partial charge in [-0.2, -0.15) is 0 Å². The summed E-state index contributed by atoms with van der Waals surface area (Å²) in [6.45, 7) is 0. The lowest BCUT2D eigenvalue weighted by atomic mass is 9.93. The van der Waals surface area contributed by atoms with Crippen molar-refractivity contribution < 1.29 is 0 Å². The van der Waals surface area contributed by atoms with Crippen molar-refractivity contribution in [3.05, 3.63) is 212 Å². The summed E-state index contributed by atoms with van der Waals surface area (Å²) < 4.78 is 0. The van der Waals surface area contributed by atoms with Gasteiger partial charge in [-0.3, -0.25) is 0 Å². The van der Waals surface area contributed by atoms with Gasteiger partial charge in [-0.05, 0) is 109 Å². The molecule has 52 heavy (non-hydrogen) atoms. The average molecular weight is 662 g/mol. The van der Waals surface area contributed by atoms with E-state index < -0.39 is 0 Å². The van der Waals surface area contributed by atoms with Gasteiger partial charge in [0.2, 0.25) is 0 Å². The van der Waals surface area contributed by atoms with Crippen LogP contribution in [0.2, 0.25) is 0 Å². The molecule has 0 radical (unpaired) electrons. The molecule has 0 amide bonds. The molecule has 0 saturated carbocycles. The Morgan fingerprint density at radius 3 is 0.942 bits per heavy atom. The van der Waals surface area contributed by atoms with Gasteiger partial charge in [0.05, 0.1) is 11.4 Å². The second-order valence-corrected chi connectivity index (χ2v) is 13.2. The molecule has 244 valence electrons. The molecule has 1 heterocycles. The minimum atomic E-state index is 0.965. The van der Waals surface area contributed by atoms with Gasteiger partial charge >= 0.3 is 0 Å². The molecule has 9 rings (SSSR count). The highest BCUT2D eigenvalue weighted by Crippen LogP contribution is 2.35. The van der Waals surface area contributed by atoms with Gasteiger partial charge in [0.1, 0.15) is 0 Å². The van der Waals surface area contributed by atoms with Crippen molar-refractivity contribution in [1.29, 1.82) is 0 Å². The fraction of sp³-hybridized carbons (Fsp3) is 0. The van der Waals surface area contributed by atoms with Gasteiger partial charge in [-0.15, -0.1) is 0 Å². The van der Waals surface area contributed by atoms with E-state index in [1.54, 1.807) is 0 Å². The van der Waals surface area contributed by atoms with E-state index in [9.17, 15) is 0 Å². The van der Waals surface area contributed by atoms with Crippen LogP contribution in [-0.2, 0) is 0 Å². The predicted molar refractivity (Wildman–Crippen MR) is 220 cm³/mol. The van der Waals surface area contributed by atoms with Crippen LogP contribution in [0.15, 0.2) is 212 Å². The Morgan fingerprint density at radius 2 is 0.519 bits per heavy atom. The van der Waals surface area contributed by atoms with Crippen LogP contribution in [0.3, 0.4) is 0 Å². The number of benzene rings is 8. The van der Waals surface area contributed by atoms with Crippen LogP contribution in [0, 0.1) is 0 Å². The molecule has 1 nitrogen and oxygen atoms in total. The number of rotatable bonds is 7. The lowest BCUT2D eigenvalue weighted by molar-refractivity contribution is 1.32. The third-order valence-electron chi connectivity index (χ3n) is 9.83. The summed E-state index contributed by atoms with van der Waals surface area (Å²) in [6, 6.07) is 76.0. The van der Waals surface area contributed by atoms with Gasteiger partial charge in [-0.1, -0.05) is 170 Å². The number of hydrogen-bond acceptors (Lipinski definition) is 1. The van der Waals surface area contributed by atoms with E-state index in [-0.39, 0.29) is 0 Å². The van der Waals surface area contributed by atoms with Gasteiger partial charge in [0, 0.05) is 11.1 Å². The van der Waals surface area contributed by atoms with Crippen molar-refractivity contribution in [2.45, 2.75) is 0 Å². The molecule has 9 aromatic rings. The first-order valence-corrected chi connectivity index (χ1v) is 17.8. The maximum absolute atomic E-state index is 5.09. The van der Waals surface area contributed by atoms with Crippen LogP contribution in [0.25, 0.3) is 88.9 Å². The topological polar surface area (TPSA) is 12.9 Å². The molecule has 0 aliphatic carbocycles. The third-order valence-corrected chi connectivity index (χ3v) is 9.83. The Balaban J connectivity index is 1.04. The molecule has 0 fully saturated rings. The summed E-state index contributed by atoms with van der Waals surface area (Å²) in [6.07, 6.45) is 0. The molecule has 0 N–H and O–H groups in total. The summed E-state index contributed by atoms with van der Waals surface area (Å²) in [7, 11) is 0. The quantitative estimate of drug-likeness (QED) is 0.166. The first-order chi connectivity index (χ1) is 25.7. The standard InChI is InChI=1S/C51H35N/c1-3-14-37(15-4-1)50-34-49(35-51(52-50)38-16-5-2-6-17-38)47-26-12-24-45(33-47)43-22-10-20-41(31-43)40-19-9-21-42(30-40)44-23-11-25-46(32-44)48-28-27-36-13-7-8-18-39(36)29-48/h1-35H. The SMILES string of the molecule is c1ccc(-c2cc(-c3cccc(-c4cccc(-c5cccc(-c6cccc(-c7ccc8ccccc8c7)c6)c5)c4)c3)cc(-c3ccccc3)n2)cc1. The zero-order valence-electron chi connectivity index (χ0n) is 28.7. The van der Waals surface area contributed by atoms with Crippen LogP contribution in [0.1, 0.15) is 0 Å². The molecular formula is C51H35N. The Bertz CT molecular complexity index is 2620. The van der Waals surface area contributed by atoms with Crippen LogP contribution in [-0.4, -0.2) is 4.98 Å². The Labute approximate surface area is 305 Å². The smallest absolute Gasteiger partial charge is 0.0715 e. The van der Waals surface area contributed by atoms with Crippen molar-refractivity contribution in [2.24, 2.45) is 0 Å². The highest BCUT2D eigenvalue weighted by molar-refractivity contribution is 5.88. The van der Waals surface area contributed by atoms with E-state index in [0.717, 1.165) is 33.6 Å². The molecule has 0 spiro atoms. The molecule has 0 aliphatic rings. The van der Waals surface area contributed by atoms with E-state index in [0.29, 0.717) is 0 Å². The second kappa shape index (κ2) is 13.8. The van der Waals surface area contributed by atoms with Gasteiger partial charge in [-0.25, -0.2) is 4.98 Å². The minimum absolute atomic E-state index is 0.965. The maximum Gasteiger partial charge on any atom is 0.0715 e. The Kier molecular flexibility index (Phi) is 8.29. The van der Waals surface area contributed by atoms with Crippen LogP contribution >= 0.6 is 0 Å². The molecule has 1 aromatic heterocycles. The van der Waals surface area contributed by atoms with Gasteiger partial charge in [0.15, 0.2) is 0 Å². The number of nitrogens with zero attached hydrogens (tertiary/aromatic N) is 1. The normalized spacial score (nSPS) is 11.1. The largest absolute Gasteiger partial charge is 0.248 e. The van der Waals surface area contributed by atoms with Crippen LogP contribution in [0.5, 0.6) is 0 Å². The highest BCUT2D eigenvalue weighted by atomic mass is 14.7. The number of pyridine rings is 1. The minimum Gasteiger partial charge on any atom is -0.248 e. The van der Waals surface area contributed by atoms with E-state index in [2.05, 4.69) is 200 Å². The number of fused-ring (bicyclic) bond motifs is 1. The predicted octanol–water partition coefficient (Wildman–Crippen LogP) is 13.9. The number of hydrogen-bond donors (Lipinski definition) is 0. The van der Waals surface area contributed by atoms with Gasteiger partial charge in [0.25, 0.3) is 0 Å². The van der Waals surface area contributed by atoms with E-state index >= 15 is 0 Å². The highest BCUT2D eigenvalue weighted by Gasteiger charge is 2.11. The summed E-state index contributed by atoms with van der Waals surface area (Å²) >= 11 is 0. The van der Waals surface area contributed by atoms with Crippen LogP contribution in [0.4, 0.5) is 0 Å². The van der Waals surface area contributed by atoms with Crippen molar-refractivity contribution in [3.63, 3.8) is 0 Å². The molecule has 0 unspecified atom stereocenters. The summed E-state index contributed by atoms with van der Waals surface area (Å²) in [5.74, 6) is 0. The van der Waals surface area contributed by atoms with Crippen molar-refractivity contribution >= 4 is 10.8 Å². The van der Waals surface area contributed by atoms with E-state index in [1.807, 2.05) is 12.1 Å². The summed E-state index contributed by atoms with van der Waals surface area (Å²) in [4.78, 5) is 5.09. The van der Waals surface area contributed by atoms with Crippen LogP contribution < -0.4 is 0 Å². The van der Waals surface area contributed by atoms with E-state index in [1.165, 1.54) is 55.3 Å². The Hall–Kier alpha value is -6.83. The molecule has 8 aromatic carbocycles. The fourth-order valence-corrected chi connectivity index (χ4v) is 7.09. The average Bonchev–Trinajstić information content (AvgIpc) is 3.24. The Morgan fingerprint density at radius 1 is 0.192 bits per heavy atom. The monoisotopic (exact) mass is 661 g/mol. The fourth-order valence-electron chi connectivity index (χ4n) is 7.09. The molecule has 0 saturated heterocycles. The first-order valence-electron chi connectivity index (χ1n) is 17.8. The van der Waals surface area contributed by atoms with Crippen molar-refractivity contribution in [3.8, 4) is 78.1 Å². The van der Waals surface area contributed by atoms with E-state index in [4.69, 9.17) is 4.98 Å². The zero-order valence-corrected chi connectivity index (χ0v) is 28.7. The molecule has 0 atom stereocenters. The lowest BCUT2D eigenvalue weighted by Crippen LogP contribution is -1.91. The maximum atomic E-state index is 5.09. The number of aromatic nitrogens is 1. The van der Waals surface area contributed by atoms with Gasteiger partial charge < -0.3 is 0 Å². The zero-order chi connectivity index (χ0) is 34.7. The third kappa shape index (κ3) is 6.44. The van der Waals surface area contributed by atoms with Crippen molar-refractivity contribution in [2.75, 3.05) is 0 Å². The lowest BCUT2D eigenvalue weighted by Gasteiger charge is -2.12. The molecule has 0 aliphatic heterocycles. The molecule has 1 heteroatoms. The summed E-state index contributed by atoms with van der Waals surface area (Å²) in [5, 5.41) is 2.52. The summed E-state index contributed by atoms with van der Waals surface area (Å²) in [5.41, 5.74) is 16.0. The second-order valence-electron chi connectivity index (χ2n) is 13.2. The molecule has 0 bridgehead atoms. The molecular weight excluding hydrogens is 627 g/mol. The first kappa shape index (κ1) is 31.2.